The van der Waals surface area contributed by atoms with Gasteiger partial charge in [-0.2, -0.15) is 5.26 Å². The van der Waals surface area contributed by atoms with Crippen LogP contribution in [0.3, 0.4) is 0 Å². The maximum absolute atomic E-state index is 12.6. The fourth-order valence-corrected chi connectivity index (χ4v) is 3.09. The van der Waals surface area contributed by atoms with Gasteiger partial charge in [0.2, 0.25) is 11.5 Å². The summed E-state index contributed by atoms with van der Waals surface area (Å²) in [6, 6.07) is 9.43. The Morgan fingerprint density at radius 1 is 1.48 bits per heavy atom. The van der Waals surface area contributed by atoms with Gasteiger partial charge in [0.1, 0.15) is 23.2 Å². The lowest BCUT2D eigenvalue weighted by Gasteiger charge is -2.22. The summed E-state index contributed by atoms with van der Waals surface area (Å²) in [7, 11) is 0. The Hall–Kier alpha value is -3.14. The van der Waals surface area contributed by atoms with E-state index < -0.39 is 17.0 Å². The number of furan rings is 1. The molecular formula is C18H16N4O3. The molecule has 25 heavy (non-hydrogen) atoms. The van der Waals surface area contributed by atoms with Crippen LogP contribution in [0.15, 0.2) is 39.8 Å². The van der Waals surface area contributed by atoms with E-state index in [0.717, 1.165) is 18.2 Å². The molecule has 1 aromatic carbocycles. The first kappa shape index (κ1) is 15.4. The van der Waals surface area contributed by atoms with Crippen molar-refractivity contribution in [3.05, 3.63) is 40.9 Å². The van der Waals surface area contributed by atoms with Gasteiger partial charge in [-0.25, -0.2) is 4.98 Å². The van der Waals surface area contributed by atoms with Gasteiger partial charge < -0.3 is 9.73 Å². The third-order valence-electron chi connectivity index (χ3n) is 4.69. The fourth-order valence-electron chi connectivity index (χ4n) is 3.09. The van der Waals surface area contributed by atoms with Gasteiger partial charge >= 0.3 is 0 Å². The van der Waals surface area contributed by atoms with Crippen molar-refractivity contribution in [2.24, 2.45) is 5.92 Å². The maximum atomic E-state index is 12.6. The van der Waals surface area contributed by atoms with Crippen molar-refractivity contribution in [3.8, 4) is 6.07 Å². The van der Waals surface area contributed by atoms with Crippen LogP contribution >= 0.6 is 0 Å². The van der Waals surface area contributed by atoms with Crippen LogP contribution in [0.25, 0.3) is 22.1 Å². The van der Waals surface area contributed by atoms with Crippen molar-refractivity contribution >= 4 is 28.0 Å². The number of nitriles is 1. The molecule has 1 amide bonds. The minimum Gasteiger partial charge on any atom is -0.448 e. The number of nitrogens with one attached hydrogen (secondary N) is 1. The van der Waals surface area contributed by atoms with E-state index in [1.165, 1.54) is 10.9 Å². The van der Waals surface area contributed by atoms with E-state index >= 15 is 0 Å². The van der Waals surface area contributed by atoms with Gasteiger partial charge in [0.15, 0.2) is 0 Å². The fraction of sp³-hybridized carbons (Fsp3) is 0.333. The molecule has 0 spiro atoms. The van der Waals surface area contributed by atoms with Gasteiger partial charge in [0.05, 0.1) is 12.4 Å². The van der Waals surface area contributed by atoms with E-state index in [4.69, 9.17) is 4.42 Å². The first-order valence-electron chi connectivity index (χ1n) is 8.11. The highest BCUT2D eigenvalue weighted by molar-refractivity contribution is 6.01. The van der Waals surface area contributed by atoms with E-state index in [1.807, 2.05) is 18.2 Å². The number of carbonyl (C=O) groups excluding carboxylic acids is 1. The molecule has 0 aliphatic heterocycles. The summed E-state index contributed by atoms with van der Waals surface area (Å²) in [5, 5.41) is 12.8. The zero-order valence-corrected chi connectivity index (χ0v) is 13.7. The number of nitrogens with zero attached hydrogens (tertiary/aromatic N) is 3. The van der Waals surface area contributed by atoms with Crippen molar-refractivity contribution in [2.75, 3.05) is 0 Å². The maximum Gasteiger partial charge on any atom is 0.297 e. The molecular weight excluding hydrogens is 320 g/mol. The van der Waals surface area contributed by atoms with Crippen LogP contribution in [-0.4, -0.2) is 21.0 Å². The third kappa shape index (κ3) is 2.56. The Bertz CT molecular complexity index is 1090. The number of amides is 1. The molecule has 1 fully saturated rings. The second kappa shape index (κ2) is 5.45. The number of hydrogen-bond donors (Lipinski definition) is 1. The van der Waals surface area contributed by atoms with Crippen LogP contribution in [0.2, 0.25) is 0 Å². The summed E-state index contributed by atoms with van der Waals surface area (Å²) in [6.07, 6.45) is 3.20. The highest BCUT2D eigenvalue weighted by Gasteiger charge is 2.43. The standard InChI is InChI=1S/C18H16N4O3/c1-18(9-19,11-6-7-11)21-14(23)8-22-10-20-15-12-4-2-3-5-13(12)25-16(15)17(22)24/h2-5,10-11H,6-8H2,1H3,(H,21,23). The van der Waals surface area contributed by atoms with Crippen LogP contribution < -0.4 is 10.9 Å². The average molecular weight is 336 g/mol. The Morgan fingerprint density at radius 2 is 2.24 bits per heavy atom. The molecule has 1 unspecified atom stereocenters. The quantitative estimate of drug-likeness (QED) is 0.785. The SMILES string of the molecule is CC(C#N)(NC(=O)Cn1cnc2c(oc3ccccc32)c1=O)C1CC1. The van der Waals surface area contributed by atoms with Crippen molar-refractivity contribution in [2.45, 2.75) is 31.8 Å². The molecule has 0 bridgehead atoms. The van der Waals surface area contributed by atoms with E-state index in [2.05, 4.69) is 16.4 Å². The van der Waals surface area contributed by atoms with E-state index in [9.17, 15) is 14.9 Å². The van der Waals surface area contributed by atoms with Crippen molar-refractivity contribution in [3.63, 3.8) is 0 Å². The second-order valence-electron chi connectivity index (χ2n) is 6.59. The van der Waals surface area contributed by atoms with Crippen molar-refractivity contribution in [1.82, 2.24) is 14.9 Å². The van der Waals surface area contributed by atoms with E-state index in [-0.39, 0.29) is 18.0 Å². The van der Waals surface area contributed by atoms with Crippen LogP contribution in [0, 0.1) is 17.2 Å². The average Bonchev–Trinajstić information content (AvgIpc) is 3.39. The summed E-state index contributed by atoms with van der Waals surface area (Å²) in [5.74, 6) is -0.218. The Kier molecular flexibility index (Phi) is 3.35. The molecule has 1 saturated carbocycles. The molecule has 3 aromatic rings. The molecule has 2 heterocycles. The van der Waals surface area contributed by atoms with Gasteiger partial charge in [-0.15, -0.1) is 0 Å². The normalized spacial score (nSPS) is 16.5. The zero-order chi connectivity index (χ0) is 17.6. The second-order valence-corrected chi connectivity index (χ2v) is 6.59. The van der Waals surface area contributed by atoms with Crippen molar-refractivity contribution in [1.29, 1.82) is 5.26 Å². The smallest absolute Gasteiger partial charge is 0.297 e. The van der Waals surface area contributed by atoms with E-state index in [1.54, 1.807) is 13.0 Å². The highest BCUT2D eigenvalue weighted by Crippen LogP contribution is 2.39. The van der Waals surface area contributed by atoms with Gasteiger partial charge in [-0.05, 0) is 37.8 Å². The number of fused-ring (bicyclic) bond motifs is 3. The summed E-state index contributed by atoms with van der Waals surface area (Å²) in [4.78, 5) is 29.2. The minimum atomic E-state index is -0.891. The molecule has 4 rings (SSSR count). The number of aromatic nitrogens is 2. The number of benzene rings is 1. The van der Waals surface area contributed by atoms with Gasteiger partial charge in [0, 0.05) is 5.39 Å². The summed E-state index contributed by atoms with van der Waals surface area (Å²) in [6.45, 7) is 1.51. The van der Waals surface area contributed by atoms with Crippen LogP contribution in [0.4, 0.5) is 0 Å². The lowest BCUT2D eigenvalue weighted by Crippen LogP contribution is -2.48. The lowest BCUT2D eigenvalue weighted by atomic mass is 9.98. The number of rotatable bonds is 4. The summed E-state index contributed by atoms with van der Waals surface area (Å²) in [5.41, 5.74) is -0.118. The first-order valence-corrected chi connectivity index (χ1v) is 8.11. The first-order chi connectivity index (χ1) is 12.0. The topological polar surface area (TPSA) is 101 Å². The molecule has 1 aliphatic carbocycles. The molecule has 126 valence electrons. The number of carbonyl (C=O) groups is 1. The Labute approximate surface area is 142 Å². The Morgan fingerprint density at radius 3 is 2.96 bits per heavy atom. The molecule has 0 radical (unpaired) electrons. The van der Waals surface area contributed by atoms with Crippen molar-refractivity contribution < 1.29 is 9.21 Å². The van der Waals surface area contributed by atoms with Crippen LogP contribution in [0.5, 0.6) is 0 Å². The third-order valence-corrected chi connectivity index (χ3v) is 4.69. The highest BCUT2D eigenvalue weighted by atomic mass is 16.3. The molecule has 1 atom stereocenters. The Balaban J connectivity index is 1.65. The molecule has 1 aliphatic rings. The lowest BCUT2D eigenvalue weighted by molar-refractivity contribution is -0.123. The summed E-state index contributed by atoms with van der Waals surface area (Å²) >= 11 is 0. The molecule has 2 aromatic heterocycles. The monoisotopic (exact) mass is 336 g/mol. The van der Waals surface area contributed by atoms with Gasteiger partial charge in [-0.3, -0.25) is 14.2 Å². The minimum absolute atomic E-state index is 0.127. The zero-order valence-electron chi connectivity index (χ0n) is 13.7. The number of hydrogen-bond acceptors (Lipinski definition) is 5. The molecule has 0 saturated heterocycles. The van der Waals surface area contributed by atoms with Crippen LogP contribution in [-0.2, 0) is 11.3 Å². The van der Waals surface area contributed by atoms with E-state index in [0.29, 0.717) is 11.1 Å². The molecule has 7 nitrogen and oxygen atoms in total. The summed E-state index contributed by atoms with van der Waals surface area (Å²) < 4.78 is 6.80. The van der Waals surface area contributed by atoms with Crippen LogP contribution in [0.1, 0.15) is 19.8 Å². The largest absolute Gasteiger partial charge is 0.448 e. The molecule has 1 N–H and O–H groups in total. The van der Waals surface area contributed by atoms with Gasteiger partial charge in [0.25, 0.3) is 5.56 Å². The van der Waals surface area contributed by atoms with Gasteiger partial charge in [-0.1, -0.05) is 12.1 Å². The predicted molar refractivity (Wildman–Crippen MR) is 90.7 cm³/mol. The predicted octanol–water partition coefficient (Wildman–Crippen LogP) is 1.95. The number of para-hydroxylation sites is 1. The molecule has 7 heteroatoms.